The van der Waals surface area contributed by atoms with Crippen LogP contribution < -0.4 is 4.74 Å². The molecule has 2 N–H and O–H groups in total. The van der Waals surface area contributed by atoms with E-state index in [-0.39, 0.29) is 23.7 Å². The van der Waals surface area contributed by atoms with Crippen molar-refractivity contribution in [3.63, 3.8) is 0 Å². The van der Waals surface area contributed by atoms with E-state index in [0.29, 0.717) is 13.2 Å². The number of carboxylic acid groups (broad SMARTS) is 1. The number of phenols is 1. The molecule has 0 radical (unpaired) electrons. The molecule has 0 aliphatic carbocycles. The number of para-hydroxylation sites is 1. The average molecular weight is 252 g/mol. The summed E-state index contributed by atoms with van der Waals surface area (Å²) in [6.07, 6.45) is 0. The zero-order chi connectivity index (χ0) is 13.5. The van der Waals surface area contributed by atoms with Crippen LogP contribution in [0, 0.1) is 0 Å². The normalized spacial score (nSPS) is 10.1. The van der Waals surface area contributed by atoms with Crippen molar-refractivity contribution < 1.29 is 24.5 Å². The molecule has 0 amide bonds. The van der Waals surface area contributed by atoms with Gasteiger partial charge < -0.3 is 19.7 Å². The lowest BCUT2D eigenvalue weighted by Gasteiger charge is -2.09. The zero-order valence-corrected chi connectivity index (χ0v) is 10.2. The largest absolute Gasteiger partial charge is 0.504 e. The molecular weight excluding hydrogens is 236 g/mol. The number of carboxylic acids is 1. The molecule has 0 heterocycles. The molecule has 5 heteroatoms. The topological polar surface area (TPSA) is 76.0 Å². The molecule has 0 saturated carbocycles. The zero-order valence-electron chi connectivity index (χ0n) is 10.2. The van der Waals surface area contributed by atoms with Crippen molar-refractivity contribution in [1.29, 1.82) is 0 Å². The maximum absolute atomic E-state index is 10.8. The van der Waals surface area contributed by atoms with Crippen molar-refractivity contribution in [1.82, 2.24) is 0 Å². The molecule has 5 nitrogen and oxygen atoms in total. The Balaban J connectivity index is 2.50. The summed E-state index contributed by atoms with van der Waals surface area (Å²) < 4.78 is 10.5. The second-order valence-electron chi connectivity index (χ2n) is 3.82. The number of carbonyl (C=O) groups is 1. The molecule has 1 aromatic rings. The van der Waals surface area contributed by atoms with Crippen molar-refractivity contribution >= 4 is 5.97 Å². The van der Waals surface area contributed by atoms with Crippen LogP contribution in [0.15, 0.2) is 30.4 Å². The quantitative estimate of drug-likeness (QED) is 0.574. The maximum atomic E-state index is 10.8. The first-order valence-corrected chi connectivity index (χ1v) is 5.42. The van der Waals surface area contributed by atoms with E-state index in [2.05, 4.69) is 6.58 Å². The maximum Gasteiger partial charge on any atom is 0.339 e. The van der Waals surface area contributed by atoms with Gasteiger partial charge in [0.25, 0.3) is 0 Å². The first-order valence-electron chi connectivity index (χ1n) is 5.42. The van der Waals surface area contributed by atoms with Crippen LogP contribution >= 0.6 is 0 Å². The van der Waals surface area contributed by atoms with Crippen LogP contribution in [0.25, 0.3) is 0 Å². The average Bonchev–Trinajstić information content (AvgIpc) is 2.30. The highest BCUT2D eigenvalue weighted by atomic mass is 16.5. The molecule has 18 heavy (non-hydrogen) atoms. The number of benzene rings is 1. The number of hydrogen-bond donors (Lipinski definition) is 2. The molecule has 0 fully saturated rings. The molecule has 0 unspecified atom stereocenters. The van der Waals surface area contributed by atoms with Gasteiger partial charge in [-0.15, -0.1) is 0 Å². The van der Waals surface area contributed by atoms with Crippen LogP contribution in [-0.4, -0.2) is 36.0 Å². The minimum Gasteiger partial charge on any atom is -0.504 e. The predicted octanol–water partition coefficient (Wildman–Crippen LogP) is 2.06. The van der Waals surface area contributed by atoms with Gasteiger partial charge in [-0.3, -0.25) is 0 Å². The summed E-state index contributed by atoms with van der Waals surface area (Å²) in [6, 6.07) is 4.32. The van der Waals surface area contributed by atoms with E-state index in [9.17, 15) is 9.90 Å². The molecule has 0 aliphatic rings. The van der Waals surface area contributed by atoms with Crippen LogP contribution in [0.5, 0.6) is 11.5 Å². The second-order valence-corrected chi connectivity index (χ2v) is 3.82. The van der Waals surface area contributed by atoms with E-state index < -0.39 is 5.97 Å². The number of aromatic carboxylic acids is 1. The van der Waals surface area contributed by atoms with Crippen LogP contribution in [0.4, 0.5) is 0 Å². The summed E-state index contributed by atoms with van der Waals surface area (Å²) in [4.78, 5) is 10.8. The summed E-state index contributed by atoms with van der Waals surface area (Å²) in [6.45, 7) is 6.55. The summed E-state index contributed by atoms with van der Waals surface area (Å²) in [7, 11) is 0. The molecule has 0 atom stereocenters. The summed E-state index contributed by atoms with van der Waals surface area (Å²) >= 11 is 0. The van der Waals surface area contributed by atoms with E-state index >= 15 is 0 Å². The Morgan fingerprint density at radius 1 is 1.39 bits per heavy atom. The van der Waals surface area contributed by atoms with Crippen LogP contribution in [0.2, 0.25) is 0 Å². The number of rotatable bonds is 7. The Labute approximate surface area is 105 Å². The van der Waals surface area contributed by atoms with Crippen LogP contribution in [0.3, 0.4) is 0 Å². The molecule has 1 aromatic carbocycles. The summed E-state index contributed by atoms with van der Waals surface area (Å²) in [5.41, 5.74) is 0.723. The third-order valence-electron chi connectivity index (χ3n) is 2.06. The molecule has 0 aliphatic heterocycles. The highest BCUT2D eigenvalue weighted by Gasteiger charge is 2.13. The van der Waals surface area contributed by atoms with E-state index in [1.807, 2.05) is 6.92 Å². The third-order valence-corrected chi connectivity index (χ3v) is 2.06. The molecule has 1 rings (SSSR count). The number of aromatic hydroxyl groups is 1. The Morgan fingerprint density at radius 2 is 2.11 bits per heavy atom. The lowest BCUT2D eigenvalue weighted by molar-refractivity contribution is 0.0692. The summed E-state index contributed by atoms with van der Waals surface area (Å²) in [5, 5.41) is 18.5. The standard InChI is InChI=1S/C13H16O5/c1-9(2)8-17-6-7-18-11-5-3-4-10(12(11)14)13(15)16/h3-5,14H,1,6-8H2,2H3,(H,15,16). The Bertz CT molecular complexity index is 439. The van der Waals surface area contributed by atoms with E-state index in [1.165, 1.54) is 18.2 Å². The van der Waals surface area contributed by atoms with E-state index in [4.69, 9.17) is 14.6 Å². The lowest BCUT2D eigenvalue weighted by atomic mass is 10.2. The minimum absolute atomic E-state index is 0.133. The van der Waals surface area contributed by atoms with Gasteiger partial charge in [-0.1, -0.05) is 18.2 Å². The van der Waals surface area contributed by atoms with Gasteiger partial charge in [0.15, 0.2) is 11.5 Å². The molecule has 0 aromatic heterocycles. The molecule has 0 saturated heterocycles. The van der Waals surface area contributed by atoms with Gasteiger partial charge in [0.05, 0.1) is 13.2 Å². The molecule has 0 bridgehead atoms. The fraction of sp³-hybridized carbons (Fsp3) is 0.308. The van der Waals surface area contributed by atoms with Gasteiger partial charge in [0.2, 0.25) is 0 Å². The Hall–Kier alpha value is -2.01. The van der Waals surface area contributed by atoms with Gasteiger partial charge in [-0.2, -0.15) is 0 Å². The van der Waals surface area contributed by atoms with Crippen LogP contribution in [0.1, 0.15) is 17.3 Å². The highest BCUT2D eigenvalue weighted by molar-refractivity contribution is 5.91. The van der Waals surface area contributed by atoms with E-state index in [1.54, 1.807) is 0 Å². The first kappa shape index (κ1) is 14.1. The van der Waals surface area contributed by atoms with Gasteiger partial charge >= 0.3 is 5.97 Å². The summed E-state index contributed by atoms with van der Waals surface area (Å²) in [5.74, 6) is -1.43. The Morgan fingerprint density at radius 3 is 2.72 bits per heavy atom. The fourth-order valence-corrected chi connectivity index (χ4v) is 1.27. The molecule has 0 spiro atoms. The molecular formula is C13H16O5. The third kappa shape index (κ3) is 4.10. The smallest absolute Gasteiger partial charge is 0.339 e. The monoisotopic (exact) mass is 252 g/mol. The lowest BCUT2D eigenvalue weighted by Crippen LogP contribution is -2.08. The first-order chi connectivity index (χ1) is 8.52. The second kappa shape index (κ2) is 6.66. The van der Waals surface area contributed by atoms with Gasteiger partial charge in [0, 0.05) is 0 Å². The number of ether oxygens (including phenoxy) is 2. The van der Waals surface area contributed by atoms with Gasteiger partial charge in [-0.05, 0) is 19.1 Å². The van der Waals surface area contributed by atoms with Crippen molar-refractivity contribution in [2.24, 2.45) is 0 Å². The molecule has 98 valence electrons. The highest BCUT2D eigenvalue weighted by Crippen LogP contribution is 2.29. The minimum atomic E-state index is -1.20. The van der Waals surface area contributed by atoms with Gasteiger partial charge in [0.1, 0.15) is 12.2 Å². The van der Waals surface area contributed by atoms with Crippen molar-refractivity contribution in [3.8, 4) is 11.5 Å². The van der Waals surface area contributed by atoms with Crippen LogP contribution in [-0.2, 0) is 4.74 Å². The fourth-order valence-electron chi connectivity index (χ4n) is 1.27. The van der Waals surface area contributed by atoms with Crippen molar-refractivity contribution in [3.05, 3.63) is 35.9 Å². The van der Waals surface area contributed by atoms with E-state index in [0.717, 1.165) is 5.57 Å². The SMILES string of the molecule is C=C(C)COCCOc1cccc(C(=O)O)c1O. The van der Waals surface area contributed by atoms with Crippen molar-refractivity contribution in [2.45, 2.75) is 6.92 Å². The predicted molar refractivity (Wildman–Crippen MR) is 66.2 cm³/mol. The number of hydrogen-bond acceptors (Lipinski definition) is 4. The Kier molecular flexibility index (Phi) is 5.20. The van der Waals surface area contributed by atoms with Gasteiger partial charge in [-0.25, -0.2) is 4.79 Å². The van der Waals surface area contributed by atoms with Crippen molar-refractivity contribution in [2.75, 3.05) is 19.8 Å².